The van der Waals surface area contributed by atoms with E-state index in [9.17, 15) is 4.39 Å². The summed E-state index contributed by atoms with van der Waals surface area (Å²) < 4.78 is 15.2. The fourth-order valence-corrected chi connectivity index (χ4v) is 2.05. The molecule has 0 radical (unpaired) electrons. The van der Waals surface area contributed by atoms with E-state index < -0.39 is 0 Å². The van der Waals surface area contributed by atoms with E-state index >= 15 is 0 Å². The summed E-state index contributed by atoms with van der Waals surface area (Å²) in [6.07, 6.45) is 4.88. The Hall–Kier alpha value is -1.68. The van der Waals surface area contributed by atoms with Gasteiger partial charge in [-0.15, -0.1) is 0 Å². The van der Waals surface area contributed by atoms with Crippen molar-refractivity contribution in [3.8, 4) is 0 Å². The molecule has 0 spiro atoms. The van der Waals surface area contributed by atoms with E-state index in [0.717, 1.165) is 43.0 Å². The van der Waals surface area contributed by atoms with Gasteiger partial charge in [0.05, 0.1) is 6.54 Å². The van der Waals surface area contributed by atoms with E-state index in [4.69, 9.17) is 0 Å². The Kier molecular flexibility index (Phi) is 4.68. The van der Waals surface area contributed by atoms with E-state index in [1.165, 1.54) is 6.07 Å². The van der Waals surface area contributed by atoms with Gasteiger partial charge in [-0.05, 0) is 43.1 Å². The first kappa shape index (κ1) is 13.7. The summed E-state index contributed by atoms with van der Waals surface area (Å²) in [7, 11) is 0. The van der Waals surface area contributed by atoms with E-state index in [0.29, 0.717) is 0 Å². The lowest BCUT2D eigenvalue weighted by molar-refractivity contribution is 0.611. The Morgan fingerprint density at radius 3 is 2.95 bits per heavy atom. The molecule has 4 heteroatoms. The molecule has 0 fully saturated rings. The molecule has 0 atom stereocenters. The summed E-state index contributed by atoms with van der Waals surface area (Å²) in [5.41, 5.74) is 2.09. The Balaban J connectivity index is 2.08. The SMILES string of the molecule is CCCNCc1nccn1Cc1ccc(F)cc1C. The van der Waals surface area contributed by atoms with Gasteiger partial charge in [0.1, 0.15) is 11.6 Å². The molecule has 1 aromatic heterocycles. The summed E-state index contributed by atoms with van der Waals surface area (Å²) in [5, 5.41) is 3.34. The fourth-order valence-electron chi connectivity index (χ4n) is 2.05. The summed E-state index contributed by atoms with van der Waals surface area (Å²) in [4.78, 5) is 4.36. The highest BCUT2D eigenvalue weighted by Gasteiger charge is 2.05. The fraction of sp³-hybridized carbons (Fsp3) is 0.400. The zero-order valence-corrected chi connectivity index (χ0v) is 11.5. The Morgan fingerprint density at radius 2 is 2.21 bits per heavy atom. The van der Waals surface area contributed by atoms with Crippen molar-refractivity contribution in [3.63, 3.8) is 0 Å². The smallest absolute Gasteiger partial charge is 0.123 e. The number of nitrogens with one attached hydrogen (secondary N) is 1. The second-order valence-corrected chi connectivity index (χ2v) is 4.72. The number of hydrogen-bond donors (Lipinski definition) is 1. The number of aryl methyl sites for hydroxylation is 1. The zero-order valence-electron chi connectivity index (χ0n) is 11.5. The number of hydrogen-bond acceptors (Lipinski definition) is 2. The van der Waals surface area contributed by atoms with Gasteiger partial charge in [-0.2, -0.15) is 0 Å². The molecule has 1 aromatic carbocycles. The van der Waals surface area contributed by atoms with Gasteiger partial charge in [0, 0.05) is 18.9 Å². The first-order valence-electron chi connectivity index (χ1n) is 6.66. The predicted octanol–water partition coefficient (Wildman–Crippen LogP) is 2.88. The van der Waals surface area contributed by atoms with Crippen molar-refractivity contribution >= 4 is 0 Å². The van der Waals surface area contributed by atoms with Crippen LogP contribution in [0.4, 0.5) is 4.39 Å². The molecule has 3 nitrogen and oxygen atoms in total. The normalized spacial score (nSPS) is 10.9. The average Bonchev–Trinajstić information content (AvgIpc) is 2.81. The molecule has 0 bridgehead atoms. The molecule has 0 unspecified atom stereocenters. The molecule has 0 saturated carbocycles. The van der Waals surface area contributed by atoms with Crippen LogP contribution in [0.3, 0.4) is 0 Å². The maximum atomic E-state index is 13.1. The van der Waals surface area contributed by atoms with Crippen LogP contribution in [0.1, 0.15) is 30.3 Å². The molecule has 1 heterocycles. The average molecular weight is 261 g/mol. The van der Waals surface area contributed by atoms with Crippen molar-refractivity contribution in [2.75, 3.05) is 6.54 Å². The highest BCUT2D eigenvalue weighted by molar-refractivity contribution is 5.27. The minimum absolute atomic E-state index is 0.184. The molecule has 102 valence electrons. The van der Waals surface area contributed by atoms with Gasteiger partial charge in [0.25, 0.3) is 0 Å². The van der Waals surface area contributed by atoms with Gasteiger partial charge in [-0.25, -0.2) is 9.37 Å². The van der Waals surface area contributed by atoms with Crippen LogP contribution in [0.15, 0.2) is 30.6 Å². The van der Waals surface area contributed by atoms with Gasteiger partial charge < -0.3 is 9.88 Å². The van der Waals surface area contributed by atoms with Crippen LogP contribution in [0.2, 0.25) is 0 Å². The Labute approximate surface area is 113 Å². The molecule has 2 aromatic rings. The van der Waals surface area contributed by atoms with Crippen LogP contribution < -0.4 is 5.32 Å². The van der Waals surface area contributed by atoms with E-state index in [1.54, 1.807) is 6.07 Å². The number of benzene rings is 1. The second kappa shape index (κ2) is 6.48. The van der Waals surface area contributed by atoms with Crippen LogP contribution in [-0.4, -0.2) is 16.1 Å². The lowest BCUT2D eigenvalue weighted by Crippen LogP contribution is -2.18. The van der Waals surface area contributed by atoms with Crippen molar-refractivity contribution in [2.24, 2.45) is 0 Å². The highest BCUT2D eigenvalue weighted by atomic mass is 19.1. The number of nitrogens with zero attached hydrogens (tertiary/aromatic N) is 2. The maximum Gasteiger partial charge on any atom is 0.123 e. The van der Waals surface area contributed by atoms with Gasteiger partial charge in [0.15, 0.2) is 0 Å². The Morgan fingerprint density at radius 1 is 1.37 bits per heavy atom. The van der Waals surface area contributed by atoms with Crippen LogP contribution in [-0.2, 0) is 13.1 Å². The Bertz CT molecular complexity index is 534. The third-order valence-electron chi connectivity index (χ3n) is 3.16. The van der Waals surface area contributed by atoms with E-state index in [-0.39, 0.29) is 5.82 Å². The number of rotatable bonds is 6. The maximum absolute atomic E-state index is 13.1. The van der Waals surface area contributed by atoms with Crippen molar-refractivity contribution in [1.82, 2.24) is 14.9 Å². The van der Waals surface area contributed by atoms with E-state index in [1.807, 2.05) is 25.4 Å². The predicted molar refractivity (Wildman–Crippen MR) is 74.5 cm³/mol. The minimum Gasteiger partial charge on any atom is -0.329 e. The summed E-state index contributed by atoms with van der Waals surface area (Å²) in [6.45, 7) is 6.56. The molecule has 19 heavy (non-hydrogen) atoms. The van der Waals surface area contributed by atoms with Crippen molar-refractivity contribution in [3.05, 3.63) is 53.4 Å². The summed E-state index contributed by atoms with van der Waals surface area (Å²) in [5.74, 6) is 0.828. The van der Waals surface area contributed by atoms with Gasteiger partial charge >= 0.3 is 0 Å². The van der Waals surface area contributed by atoms with Crippen molar-refractivity contribution in [2.45, 2.75) is 33.4 Å². The first-order chi connectivity index (χ1) is 9.20. The molecular formula is C15H20FN3. The second-order valence-electron chi connectivity index (χ2n) is 4.72. The highest BCUT2D eigenvalue weighted by Crippen LogP contribution is 2.12. The minimum atomic E-state index is -0.184. The third kappa shape index (κ3) is 3.64. The standard InChI is InChI=1S/C15H20FN3/c1-3-6-17-10-15-18-7-8-19(15)11-13-4-5-14(16)9-12(13)2/h4-5,7-9,17H,3,6,10-11H2,1-2H3. The quantitative estimate of drug-likeness (QED) is 0.810. The van der Waals surface area contributed by atoms with Gasteiger partial charge in [0.2, 0.25) is 0 Å². The first-order valence-corrected chi connectivity index (χ1v) is 6.66. The van der Waals surface area contributed by atoms with Gasteiger partial charge in [-0.1, -0.05) is 13.0 Å². The summed E-state index contributed by atoms with van der Waals surface area (Å²) >= 11 is 0. The van der Waals surface area contributed by atoms with Crippen LogP contribution in [0.25, 0.3) is 0 Å². The van der Waals surface area contributed by atoms with Crippen molar-refractivity contribution in [1.29, 1.82) is 0 Å². The van der Waals surface area contributed by atoms with Crippen LogP contribution >= 0.6 is 0 Å². The monoisotopic (exact) mass is 261 g/mol. The molecule has 1 N–H and O–H groups in total. The largest absolute Gasteiger partial charge is 0.329 e. The number of imidazole rings is 1. The third-order valence-corrected chi connectivity index (χ3v) is 3.16. The topological polar surface area (TPSA) is 29.9 Å². The summed E-state index contributed by atoms with van der Waals surface area (Å²) in [6, 6.07) is 4.92. The lowest BCUT2D eigenvalue weighted by atomic mass is 10.1. The molecular weight excluding hydrogens is 241 g/mol. The van der Waals surface area contributed by atoms with Crippen molar-refractivity contribution < 1.29 is 4.39 Å². The molecule has 0 aliphatic rings. The molecule has 0 aliphatic heterocycles. The molecule has 0 saturated heterocycles. The number of halogens is 1. The van der Waals surface area contributed by atoms with Gasteiger partial charge in [-0.3, -0.25) is 0 Å². The lowest BCUT2D eigenvalue weighted by Gasteiger charge is -2.11. The van der Waals surface area contributed by atoms with E-state index in [2.05, 4.69) is 21.8 Å². The molecule has 0 amide bonds. The van der Waals surface area contributed by atoms with Crippen LogP contribution in [0, 0.1) is 12.7 Å². The van der Waals surface area contributed by atoms with Crippen LogP contribution in [0.5, 0.6) is 0 Å². The molecule has 0 aliphatic carbocycles. The zero-order chi connectivity index (χ0) is 13.7. The number of aromatic nitrogens is 2. The molecule has 2 rings (SSSR count).